The number of aromatic amines is 1. The summed E-state index contributed by atoms with van der Waals surface area (Å²) in [5.74, 6) is 0.536. The Kier molecular flexibility index (Phi) is 1.76. The number of hydrogen-bond acceptors (Lipinski definition) is 2. The van der Waals surface area contributed by atoms with Crippen molar-refractivity contribution in [3.05, 3.63) is 23.4 Å². The van der Waals surface area contributed by atoms with Gasteiger partial charge in [-0.15, -0.1) is 0 Å². The van der Waals surface area contributed by atoms with Gasteiger partial charge in [-0.1, -0.05) is 6.92 Å². The summed E-state index contributed by atoms with van der Waals surface area (Å²) in [5.41, 5.74) is 1.66. The molecule has 0 spiro atoms. The summed E-state index contributed by atoms with van der Waals surface area (Å²) in [7, 11) is 0. The van der Waals surface area contributed by atoms with Gasteiger partial charge in [0.2, 0.25) is 0 Å². The van der Waals surface area contributed by atoms with Crippen molar-refractivity contribution in [2.24, 2.45) is 0 Å². The summed E-state index contributed by atoms with van der Waals surface area (Å²) in [4.78, 5) is 11.3. The highest BCUT2D eigenvalue weighted by Crippen LogP contribution is 2.13. The van der Waals surface area contributed by atoms with Gasteiger partial charge in [0.25, 0.3) is 0 Å². The van der Waals surface area contributed by atoms with Crippen LogP contribution < -0.4 is 0 Å². The molecule has 2 heterocycles. The minimum absolute atomic E-state index is 0.304. The smallest absolute Gasteiger partial charge is 0.157 e. The molecule has 13 heavy (non-hydrogen) atoms. The Labute approximate surface area is 75.0 Å². The zero-order chi connectivity index (χ0) is 9.42. The Bertz CT molecular complexity index is 408. The number of fused-ring (bicyclic) bond motifs is 1. The molecule has 0 aliphatic rings. The van der Waals surface area contributed by atoms with Gasteiger partial charge in [0.15, 0.2) is 5.65 Å². The van der Waals surface area contributed by atoms with Crippen LogP contribution in [0.2, 0.25) is 0 Å². The monoisotopic (exact) mass is 179 g/mol. The Morgan fingerprint density at radius 1 is 1.46 bits per heavy atom. The van der Waals surface area contributed by atoms with E-state index in [0.29, 0.717) is 16.9 Å². The number of aromatic nitrogens is 3. The maximum absolute atomic E-state index is 13.0. The van der Waals surface area contributed by atoms with Gasteiger partial charge < -0.3 is 4.98 Å². The van der Waals surface area contributed by atoms with E-state index in [-0.39, 0.29) is 5.82 Å². The van der Waals surface area contributed by atoms with Crippen molar-refractivity contribution in [1.82, 2.24) is 15.0 Å². The largest absolute Gasteiger partial charge is 0.327 e. The lowest BCUT2D eigenvalue weighted by molar-refractivity contribution is 0.612. The van der Waals surface area contributed by atoms with Gasteiger partial charge >= 0.3 is 0 Å². The zero-order valence-electron chi connectivity index (χ0n) is 7.56. The molecule has 0 atom stereocenters. The van der Waals surface area contributed by atoms with Crippen LogP contribution in [0.15, 0.2) is 6.07 Å². The third-order valence-electron chi connectivity index (χ3n) is 1.98. The maximum atomic E-state index is 13.0. The second-order valence-electron chi connectivity index (χ2n) is 2.96. The fourth-order valence-corrected chi connectivity index (χ4v) is 1.23. The number of imidazole rings is 1. The van der Waals surface area contributed by atoms with E-state index in [0.717, 1.165) is 12.2 Å². The number of hydrogen-bond donors (Lipinski definition) is 1. The molecule has 0 aliphatic carbocycles. The standard InChI is InChI=1S/C9H10FN3/c1-3-8-12-7-4-6(10)5(2)11-9(7)13-8/h4H,3H2,1-2H3,(H,11,12,13). The van der Waals surface area contributed by atoms with Crippen LogP contribution in [0, 0.1) is 12.7 Å². The number of pyridine rings is 1. The van der Waals surface area contributed by atoms with E-state index >= 15 is 0 Å². The quantitative estimate of drug-likeness (QED) is 0.727. The van der Waals surface area contributed by atoms with E-state index in [1.54, 1.807) is 6.92 Å². The molecule has 68 valence electrons. The molecule has 0 saturated carbocycles. The molecule has 4 heteroatoms. The zero-order valence-corrected chi connectivity index (χ0v) is 7.56. The predicted molar refractivity (Wildman–Crippen MR) is 48.0 cm³/mol. The van der Waals surface area contributed by atoms with Gasteiger partial charge in [-0.2, -0.15) is 0 Å². The summed E-state index contributed by atoms with van der Waals surface area (Å²) in [6, 6.07) is 1.41. The molecule has 0 fully saturated rings. The lowest BCUT2D eigenvalue weighted by Crippen LogP contribution is -1.87. The van der Waals surface area contributed by atoms with E-state index in [1.165, 1.54) is 6.07 Å². The average molecular weight is 179 g/mol. The predicted octanol–water partition coefficient (Wildman–Crippen LogP) is 1.97. The number of nitrogens with zero attached hydrogens (tertiary/aromatic N) is 2. The van der Waals surface area contributed by atoms with Gasteiger partial charge in [-0.3, -0.25) is 0 Å². The van der Waals surface area contributed by atoms with Crippen LogP contribution in [-0.2, 0) is 6.42 Å². The van der Waals surface area contributed by atoms with Crippen LogP contribution >= 0.6 is 0 Å². The number of H-pyrrole nitrogens is 1. The Hall–Kier alpha value is -1.45. The highest BCUT2D eigenvalue weighted by Gasteiger charge is 2.06. The molecule has 0 unspecified atom stereocenters. The molecule has 0 bridgehead atoms. The van der Waals surface area contributed by atoms with Crippen LogP contribution in [-0.4, -0.2) is 15.0 Å². The second-order valence-corrected chi connectivity index (χ2v) is 2.96. The molecule has 0 aromatic carbocycles. The highest BCUT2D eigenvalue weighted by atomic mass is 19.1. The summed E-state index contributed by atoms with van der Waals surface area (Å²) in [5, 5.41) is 0. The molecule has 0 radical (unpaired) electrons. The fraction of sp³-hybridized carbons (Fsp3) is 0.333. The van der Waals surface area contributed by atoms with E-state index in [1.807, 2.05) is 6.92 Å². The lowest BCUT2D eigenvalue weighted by Gasteiger charge is -1.92. The third kappa shape index (κ3) is 1.28. The first-order chi connectivity index (χ1) is 6.20. The van der Waals surface area contributed by atoms with Crippen LogP contribution in [0.25, 0.3) is 11.2 Å². The highest BCUT2D eigenvalue weighted by molar-refractivity contribution is 5.70. The van der Waals surface area contributed by atoms with Gasteiger partial charge in [0.1, 0.15) is 17.2 Å². The first kappa shape index (κ1) is 8.16. The van der Waals surface area contributed by atoms with Gasteiger partial charge in [-0.25, -0.2) is 14.4 Å². The Balaban J connectivity index is 2.70. The normalized spacial score (nSPS) is 11.0. The number of nitrogens with one attached hydrogen (secondary N) is 1. The molecule has 0 amide bonds. The molecule has 2 aromatic rings. The molecule has 0 aliphatic heterocycles. The molecular weight excluding hydrogens is 169 g/mol. The maximum Gasteiger partial charge on any atom is 0.157 e. The third-order valence-corrected chi connectivity index (χ3v) is 1.98. The van der Waals surface area contributed by atoms with Gasteiger partial charge in [0.05, 0.1) is 5.69 Å². The van der Waals surface area contributed by atoms with Crippen molar-refractivity contribution in [3.8, 4) is 0 Å². The van der Waals surface area contributed by atoms with Crippen LogP contribution in [0.1, 0.15) is 18.4 Å². The van der Waals surface area contributed by atoms with Crippen molar-refractivity contribution in [2.45, 2.75) is 20.3 Å². The fourth-order valence-electron chi connectivity index (χ4n) is 1.23. The molecule has 2 aromatic heterocycles. The van der Waals surface area contributed by atoms with Gasteiger partial charge in [-0.05, 0) is 6.92 Å². The number of aryl methyl sites for hydroxylation is 2. The first-order valence-electron chi connectivity index (χ1n) is 4.22. The molecule has 1 N–H and O–H groups in total. The van der Waals surface area contributed by atoms with Crippen LogP contribution in [0.3, 0.4) is 0 Å². The summed E-state index contributed by atoms with van der Waals surface area (Å²) in [6.07, 6.45) is 0.803. The van der Waals surface area contributed by atoms with Crippen molar-refractivity contribution >= 4 is 11.2 Å². The molecule has 2 rings (SSSR count). The average Bonchev–Trinajstić information content (AvgIpc) is 2.48. The summed E-state index contributed by atoms with van der Waals surface area (Å²) < 4.78 is 13.0. The van der Waals surface area contributed by atoms with Crippen molar-refractivity contribution in [1.29, 1.82) is 0 Å². The molecular formula is C9H10FN3. The van der Waals surface area contributed by atoms with Crippen molar-refractivity contribution in [2.75, 3.05) is 0 Å². The van der Waals surface area contributed by atoms with E-state index in [4.69, 9.17) is 0 Å². The Morgan fingerprint density at radius 3 is 2.92 bits per heavy atom. The lowest BCUT2D eigenvalue weighted by atomic mass is 10.3. The van der Waals surface area contributed by atoms with Crippen LogP contribution in [0.4, 0.5) is 4.39 Å². The van der Waals surface area contributed by atoms with Gasteiger partial charge in [0, 0.05) is 12.5 Å². The van der Waals surface area contributed by atoms with E-state index < -0.39 is 0 Å². The minimum Gasteiger partial charge on any atom is -0.327 e. The summed E-state index contributed by atoms with van der Waals surface area (Å²) in [6.45, 7) is 3.63. The van der Waals surface area contributed by atoms with Crippen LogP contribution in [0.5, 0.6) is 0 Å². The summed E-state index contributed by atoms with van der Waals surface area (Å²) >= 11 is 0. The van der Waals surface area contributed by atoms with E-state index in [9.17, 15) is 4.39 Å². The molecule has 3 nitrogen and oxygen atoms in total. The van der Waals surface area contributed by atoms with Crippen molar-refractivity contribution < 1.29 is 4.39 Å². The Morgan fingerprint density at radius 2 is 2.23 bits per heavy atom. The van der Waals surface area contributed by atoms with Crippen molar-refractivity contribution in [3.63, 3.8) is 0 Å². The number of rotatable bonds is 1. The second kappa shape index (κ2) is 2.80. The van der Waals surface area contributed by atoms with E-state index in [2.05, 4.69) is 15.0 Å². The topological polar surface area (TPSA) is 41.6 Å². The SMILES string of the molecule is CCc1nc2cc(F)c(C)nc2[nH]1. The minimum atomic E-state index is -0.304. The first-order valence-corrected chi connectivity index (χ1v) is 4.22. The molecule has 0 saturated heterocycles. The number of halogens is 1.